The normalized spacial score (nSPS) is 11.3. The van der Waals surface area contributed by atoms with Crippen molar-refractivity contribution in [3.8, 4) is 0 Å². The van der Waals surface area contributed by atoms with E-state index in [0.717, 1.165) is 40.4 Å². The zero-order chi connectivity index (χ0) is 24.6. The second-order valence-electron chi connectivity index (χ2n) is 7.91. The number of nitrogens with one attached hydrogen (secondary N) is 1. The van der Waals surface area contributed by atoms with Crippen molar-refractivity contribution in [2.75, 3.05) is 23.7 Å². The van der Waals surface area contributed by atoms with Crippen LogP contribution in [0.3, 0.4) is 0 Å². The number of anilines is 1. The van der Waals surface area contributed by atoms with Crippen molar-refractivity contribution in [1.29, 1.82) is 0 Å². The summed E-state index contributed by atoms with van der Waals surface area (Å²) in [4.78, 5) is 19.5. The van der Waals surface area contributed by atoms with E-state index in [0.29, 0.717) is 11.6 Å². The largest absolute Gasteiger partial charge is 0.372 e. The van der Waals surface area contributed by atoms with Gasteiger partial charge in [-0.3, -0.25) is 4.79 Å². The smallest absolute Gasteiger partial charge is 0.250 e. The Morgan fingerprint density at radius 2 is 1.77 bits per heavy atom. The molecule has 6 nitrogen and oxygen atoms in total. The van der Waals surface area contributed by atoms with Crippen LogP contribution in [0.2, 0.25) is 5.02 Å². The predicted octanol–water partition coefficient (Wildman–Crippen LogP) is 5.83. The molecule has 0 saturated heterocycles. The number of hydrazone groups is 1. The molecule has 0 spiro atoms. The second kappa shape index (κ2) is 11.9. The average Bonchev–Trinajstić information content (AvgIpc) is 3.23. The number of aromatic nitrogens is 2. The van der Waals surface area contributed by atoms with E-state index in [9.17, 15) is 4.79 Å². The molecule has 0 bridgehead atoms. The van der Waals surface area contributed by atoms with E-state index in [1.165, 1.54) is 17.4 Å². The Bertz CT molecular complexity index is 1310. The van der Waals surface area contributed by atoms with Crippen LogP contribution in [-0.4, -0.2) is 40.5 Å². The molecule has 0 radical (unpaired) electrons. The molecule has 3 aromatic carbocycles. The van der Waals surface area contributed by atoms with Gasteiger partial charge in [-0.2, -0.15) is 5.10 Å². The number of nitrogens with zero attached hydrogens (tertiary/aromatic N) is 4. The van der Waals surface area contributed by atoms with Crippen molar-refractivity contribution >= 4 is 52.2 Å². The number of fused-ring (bicyclic) bond motifs is 1. The molecule has 4 aromatic rings. The van der Waals surface area contributed by atoms with Crippen molar-refractivity contribution in [1.82, 2.24) is 15.0 Å². The maximum atomic E-state index is 12.5. The van der Waals surface area contributed by atoms with Gasteiger partial charge in [0.15, 0.2) is 5.16 Å². The Balaban J connectivity index is 1.39. The highest BCUT2D eigenvalue weighted by atomic mass is 35.5. The first-order valence-electron chi connectivity index (χ1n) is 11.6. The monoisotopic (exact) mass is 505 g/mol. The summed E-state index contributed by atoms with van der Waals surface area (Å²) in [6.07, 6.45) is 1.65. The average molecular weight is 506 g/mol. The van der Waals surface area contributed by atoms with Crippen molar-refractivity contribution in [2.45, 2.75) is 25.5 Å². The first-order valence-corrected chi connectivity index (χ1v) is 12.9. The summed E-state index contributed by atoms with van der Waals surface area (Å²) in [7, 11) is 0. The number of carbonyl (C=O) groups is 1. The number of hydrogen-bond acceptors (Lipinski definition) is 5. The number of carbonyl (C=O) groups excluding carboxylic acids is 1. The van der Waals surface area contributed by atoms with Crippen LogP contribution < -0.4 is 10.3 Å². The molecule has 8 heteroatoms. The first-order chi connectivity index (χ1) is 17.1. The fourth-order valence-corrected chi connectivity index (χ4v) is 4.82. The van der Waals surface area contributed by atoms with E-state index >= 15 is 0 Å². The van der Waals surface area contributed by atoms with Gasteiger partial charge in [-0.15, -0.1) is 0 Å². The number of benzene rings is 3. The molecule has 35 heavy (non-hydrogen) atoms. The maximum absolute atomic E-state index is 12.5. The quantitative estimate of drug-likeness (QED) is 0.167. The Hall–Kier alpha value is -3.29. The van der Waals surface area contributed by atoms with Crippen LogP contribution in [0, 0.1) is 0 Å². The lowest BCUT2D eigenvalue weighted by atomic mass is 10.2. The minimum atomic E-state index is -0.192. The molecule has 180 valence electrons. The zero-order valence-electron chi connectivity index (χ0n) is 19.8. The fraction of sp³-hybridized carbons (Fsp3) is 0.222. The standard InChI is InChI=1S/C27H28ClN5OS/c1-3-32(4-2)22-15-13-20(14-16-22)17-29-31-26(34)19-35-27-30-24-11-7-8-12-25(24)33(27)18-21-9-5-6-10-23(21)28/h5-17H,3-4,18-19H2,1-2H3,(H,31,34). The highest BCUT2D eigenvalue weighted by molar-refractivity contribution is 7.99. The molecule has 1 aromatic heterocycles. The van der Waals surface area contributed by atoms with E-state index in [4.69, 9.17) is 16.6 Å². The molecule has 4 rings (SSSR count). The lowest BCUT2D eigenvalue weighted by molar-refractivity contribution is -0.118. The van der Waals surface area contributed by atoms with Crippen LogP contribution in [0.15, 0.2) is 83.1 Å². The lowest BCUT2D eigenvalue weighted by Gasteiger charge is -2.20. The second-order valence-corrected chi connectivity index (χ2v) is 9.26. The molecular weight excluding hydrogens is 478 g/mol. The summed E-state index contributed by atoms with van der Waals surface area (Å²) in [5.74, 6) is 0.00624. The third kappa shape index (κ3) is 6.24. The van der Waals surface area contributed by atoms with E-state index in [1.807, 2.05) is 60.7 Å². The van der Waals surface area contributed by atoms with Crippen molar-refractivity contribution in [3.63, 3.8) is 0 Å². The molecule has 0 aliphatic rings. The summed E-state index contributed by atoms with van der Waals surface area (Å²) in [5, 5.41) is 5.59. The summed E-state index contributed by atoms with van der Waals surface area (Å²) >= 11 is 7.78. The van der Waals surface area contributed by atoms with Crippen LogP contribution >= 0.6 is 23.4 Å². The summed E-state index contributed by atoms with van der Waals surface area (Å²) < 4.78 is 2.09. The zero-order valence-corrected chi connectivity index (χ0v) is 21.4. The van der Waals surface area contributed by atoms with Crippen molar-refractivity contribution < 1.29 is 4.79 Å². The van der Waals surface area contributed by atoms with E-state index < -0.39 is 0 Å². The van der Waals surface area contributed by atoms with Gasteiger partial charge in [-0.05, 0) is 55.3 Å². The third-order valence-electron chi connectivity index (χ3n) is 5.66. The van der Waals surface area contributed by atoms with Gasteiger partial charge in [-0.25, -0.2) is 10.4 Å². The van der Waals surface area contributed by atoms with Gasteiger partial charge in [0.1, 0.15) is 0 Å². The summed E-state index contributed by atoms with van der Waals surface area (Å²) in [6.45, 7) is 6.77. The summed E-state index contributed by atoms with van der Waals surface area (Å²) in [6, 6.07) is 23.8. The molecule has 1 amide bonds. The molecule has 0 unspecified atom stereocenters. The van der Waals surface area contributed by atoms with Crippen LogP contribution in [0.1, 0.15) is 25.0 Å². The number of rotatable bonds is 10. The molecule has 0 aliphatic heterocycles. The topological polar surface area (TPSA) is 62.5 Å². The number of halogens is 1. The minimum absolute atomic E-state index is 0.192. The van der Waals surface area contributed by atoms with Crippen LogP contribution in [0.5, 0.6) is 0 Å². The molecule has 1 N–H and O–H groups in total. The number of para-hydroxylation sites is 2. The van der Waals surface area contributed by atoms with Crippen LogP contribution in [0.4, 0.5) is 5.69 Å². The Morgan fingerprint density at radius 1 is 1.06 bits per heavy atom. The maximum Gasteiger partial charge on any atom is 0.250 e. The fourth-order valence-electron chi connectivity index (χ4n) is 3.81. The van der Waals surface area contributed by atoms with Gasteiger partial charge in [0, 0.05) is 23.8 Å². The molecular formula is C27H28ClN5OS. The van der Waals surface area contributed by atoms with Crippen molar-refractivity contribution in [2.24, 2.45) is 5.10 Å². The molecule has 0 fully saturated rings. The Morgan fingerprint density at radius 3 is 2.51 bits per heavy atom. The van der Waals surface area contributed by atoms with Gasteiger partial charge < -0.3 is 9.47 Å². The van der Waals surface area contributed by atoms with E-state index in [-0.39, 0.29) is 11.7 Å². The number of imidazole rings is 1. The highest BCUT2D eigenvalue weighted by Gasteiger charge is 2.14. The number of thioether (sulfide) groups is 1. The van der Waals surface area contributed by atoms with Gasteiger partial charge >= 0.3 is 0 Å². The van der Waals surface area contributed by atoms with Gasteiger partial charge in [0.2, 0.25) is 0 Å². The highest BCUT2D eigenvalue weighted by Crippen LogP contribution is 2.27. The number of amides is 1. The molecule has 0 saturated carbocycles. The number of hydrogen-bond donors (Lipinski definition) is 1. The van der Waals surface area contributed by atoms with Gasteiger partial charge in [-0.1, -0.05) is 65.8 Å². The molecule has 1 heterocycles. The molecule has 0 atom stereocenters. The van der Waals surface area contributed by atoms with Gasteiger partial charge in [0.05, 0.1) is 29.5 Å². The third-order valence-corrected chi connectivity index (χ3v) is 7.01. The minimum Gasteiger partial charge on any atom is -0.372 e. The first kappa shape index (κ1) is 24.8. The van der Waals surface area contributed by atoms with Crippen molar-refractivity contribution in [3.05, 3.63) is 88.9 Å². The summed E-state index contributed by atoms with van der Waals surface area (Å²) in [5.41, 5.74) is 7.60. The van der Waals surface area contributed by atoms with Crippen LogP contribution in [-0.2, 0) is 11.3 Å². The Kier molecular flexibility index (Phi) is 8.45. The molecule has 0 aliphatic carbocycles. The Labute approximate surface area is 215 Å². The van der Waals surface area contributed by atoms with Gasteiger partial charge in [0.25, 0.3) is 5.91 Å². The van der Waals surface area contributed by atoms with E-state index in [1.54, 1.807) is 6.21 Å². The van der Waals surface area contributed by atoms with Crippen LogP contribution in [0.25, 0.3) is 11.0 Å². The SMILES string of the molecule is CCN(CC)c1ccc(C=NNC(=O)CSc2nc3ccccc3n2Cc2ccccc2Cl)cc1. The lowest BCUT2D eigenvalue weighted by Crippen LogP contribution is -2.21. The van der Waals surface area contributed by atoms with E-state index in [2.05, 4.69) is 46.0 Å². The predicted molar refractivity (Wildman–Crippen MR) is 147 cm³/mol.